The third kappa shape index (κ3) is 7.15. The van der Waals surface area contributed by atoms with E-state index in [0.717, 1.165) is 34.0 Å². The van der Waals surface area contributed by atoms with E-state index in [-0.39, 0.29) is 30.2 Å². The first-order valence-electron chi connectivity index (χ1n) is 13.9. The summed E-state index contributed by atoms with van der Waals surface area (Å²) < 4.78 is 1.95. The summed E-state index contributed by atoms with van der Waals surface area (Å²) >= 11 is 0. The maximum absolute atomic E-state index is 13.3. The van der Waals surface area contributed by atoms with Crippen molar-refractivity contribution >= 4 is 22.6 Å². The van der Waals surface area contributed by atoms with Crippen molar-refractivity contribution in [2.45, 2.75) is 59.2 Å². The Morgan fingerprint density at radius 1 is 1.05 bits per heavy atom. The second-order valence-corrected chi connectivity index (χ2v) is 10.3. The molecule has 0 saturated heterocycles. The predicted molar refractivity (Wildman–Crippen MR) is 157 cm³/mol. The zero-order valence-corrected chi connectivity index (χ0v) is 23.5. The normalized spacial score (nSPS) is 12.4. The number of amides is 2. The average Bonchev–Trinajstić information content (AvgIpc) is 3.41. The maximum atomic E-state index is 13.3. The highest BCUT2D eigenvalue weighted by Crippen LogP contribution is 2.21. The number of carbonyl (C=O) groups excluding carboxylic acids is 2. The first-order valence-corrected chi connectivity index (χ1v) is 13.9. The van der Waals surface area contributed by atoms with Gasteiger partial charge in [0.05, 0.1) is 24.4 Å². The lowest BCUT2D eigenvalue weighted by molar-refractivity contribution is -0.133. The quantitative estimate of drug-likeness (QED) is 0.261. The van der Waals surface area contributed by atoms with Crippen LogP contribution in [-0.4, -0.2) is 38.9 Å². The van der Waals surface area contributed by atoms with Gasteiger partial charge in [-0.25, -0.2) is 4.98 Å². The summed E-state index contributed by atoms with van der Waals surface area (Å²) in [6.07, 6.45) is 4.91. The van der Waals surface area contributed by atoms with Crippen LogP contribution in [0.5, 0.6) is 0 Å². The SMILES string of the molecule is CCC(=O)N(Cc1cccc2ccccc12)CC(NC(=O)Cc1cncn1Cc1ccc(C#N)cc1)C(C)CC. The van der Waals surface area contributed by atoms with Gasteiger partial charge < -0.3 is 14.8 Å². The Bertz CT molecular complexity index is 1480. The lowest BCUT2D eigenvalue weighted by atomic mass is 9.97. The molecule has 0 fully saturated rings. The van der Waals surface area contributed by atoms with Crippen LogP contribution >= 0.6 is 0 Å². The Hall–Kier alpha value is -4.44. The molecule has 2 unspecified atom stereocenters. The van der Waals surface area contributed by atoms with Crippen LogP contribution in [0.25, 0.3) is 10.8 Å². The lowest BCUT2D eigenvalue weighted by Crippen LogP contribution is -2.49. The Labute approximate surface area is 236 Å². The van der Waals surface area contributed by atoms with Gasteiger partial charge in [-0.15, -0.1) is 0 Å². The molecule has 7 heteroatoms. The summed E-state index contributed by atoms with van der Waals surface area (Å²) in [5.41, 5.74) is 3.54. The Morgan fingerprint density at radius 2 is 1.80 bits per heavy atom. The number of hydrogen-bond donors (Lipinski definition) is 1. The van der Waals surface area contributed by atoms with E-state index in [1.165, 1.54) is 0 Å². The predicted octanol–water partition coefficient (Wildman–Crippen LogP) is 5.47. The summed E-state index contributed by atoms with van der Waals surface area (Å²) in [5.74, 6) is 0.157. The number of nitrogens with one attached hydrogen (secondary N) is 1. The minimum Gasteiger partial charge on any atom is -0.351 e. The highest BCUT2D eigenvalue weighted by atomic mass is 16.2. The smallest absolute Gasteiger partial charge is 0.226 e. The van der Waals surface area contributed by atoms with Crippen molar-refractivity contribution in [1.29, 1.82) is 5.26 Å². The van der Waals surface area contributed by atoms with Gasteiger partial charge in [-0.05, 0) is 39.9 Å². The second-order valence-electron chi connectivity index (χ2n) is 10.3. The molecular formula is C33H37N5O2. The molecule has 0 saturated carbocycles. The minimum absolute atomic E-state index is 0.0657. The van der Waals surface area contributed by atoms with Crippen molar-refractivity contribution in [3.8, 4) is 6.07 Å². The number of nitriles is 1. The molecule has 0 bridgehead atoms. The van der Waals surface area contributed by atoms with Gasteiger partial charge in [-0.2, -0.15) is 5.26 Å². The van der Waals surface area contributed by atoms with Crippen LogP contribution in [-0.2, 0) is 29.1 Å². The van der Waals surface area contributed by atoms with E-state index in [0.29, 0.717) is 31.6 Å². The Balaban J connectivity index is 1.47. The van der Waals surface area contributed by atoms with Crippen molar-refractivity contribution in [3.63, 3.8) is 0 Å². The van der Waals surface area contributed by atoms with Gasteiger partial charge in [0.15, 0.2) is 0 Å². The maximum Gasteiger partial charge on any atom is 0.226 e. The molecule has 0 radical (unpaired) electrons. The molecule has 4 aromatic rings. The third-order valence-corrected chi connectivity index (χ3v) is 7.57. The van der Waals surface area contributed by atoms with Crippen LogP contribution in [0.3, 0.4) is 0 Å². The van der Waals surface area contributed by atoms with Crippen molar-refractivity contribution in [2.24, 2.45) is 5.92 Å². The Morgan fingerprint density at radius 3 is 2.52 bits per heavy atom. The van der Waals surface area contributed by atoms with E-state index >= 15 is 0 Å². The molecular weight excluding hydrogens is 498 g/mol. The van der Waals surface area contributed by atoms with Gasteiger partial charge in [-0.1, -0.05) is 81.8 Å². The van der Waals surface area contributed by atoms with Gasteiger partial charge in [0.1, 0.15) is 0 Å². The van der Waals surface area contributed by atoms with E-state index < -0.39 is 0 Å². The highest BCUT2D eigenvalue weighted by Gasteiger charge is 2.25. The number of aromatic nitrogens is 2. The molecule has 4 rings (SSSR count). The molecule has 7 nitrogen and oxygen atoms in total. The molecule has 1 N–H and O–H groups in total. The number of benzene rings is 3. The van der Waals surface area contributed by atoms with E-state index in [1.807, 2.05) is 46.7 Å². The number of fused-ring (bicyclic) bond motifs is 1. The summed E-state index contributed by atoms with van der Waals surface area (Å²) in [7, 11) is 0. The van der Waals surface area contributed by atoms with Gasteiger partial charge in [0.25, 0.3) is 0 Å². The molecule has 2 atom stereocenters. The number of nitrogens with zero attached hydrogens (tertiary/aromatic N) is 4. The standard InChI is InChI=1S/C33H37N5O2/c1-4-24(3)31(22-37(33(40)5-2)21-28-11-8-10-27-9-6-7-12-30(27)28)36-32(39)17-29-19-35-23-38(29)20-26-15-13-25(18-34)14-16-26/h6-16,19,23-24,31H,4-5,17,20-22H2,1-3H3,(H,36,39). The van der Waals surface area contributed by atoms with E-state index in [4.69, 9.17) is 5.26 Å². The summed E-state index contributed by atoms with van der Waals surface area (Å²) in [4.78, 5) is 32.5. The van der Waals surface area contributed by atoms with E-state index in [9.17, 15) is 9.59 Å². The number of imidazole rings is 1. The molecule has 3 aromatic carbocycles. The fourth-order valence-corrected chi connectivity index (χ4v) is 4.95. The molecule has 1 aromatic heterocycles. The monoisotopic (exact) mass is 535 g/mol. The van der Waals surface area contributed by atoms with Gasteiger partial charge >= 0.3 is 0 Å². The summed E-state index contributed by atoms with van der Waals surface area (Å²) in [6, 6.07) is 23.8. The fraction of sp³-hybridized carbons (Fsp3) is 0.333. The first kappa shape index (κ1) is 28.6. The molecule has 2 amide bonds. The average molecular weight is 536 g/mol. The van der Waals surface area contributed by atoms with Gasteiger partial charge in [-0.3, -0.25) is 9.59 Å². The van der Waals surface area contributed by atoms with Crippen molar-refractivity contribution in [3.05, 3.63) is 102 Å². The third-order valence-electron chi connectivity index (χ3n) is 7.57. The van der Waals surface area contributed by atoms with Crippen molar-refractivity contribution in [2.75, 3.05) is 6.54 Å². The number of rotatable bonds is 12. The zero-order valence-electron chi connectivity index (χ0n) is 23.5. The first-order chi connectivity index (χ1) is 19.4. The van der Waals surface area contributed by atoms with Crippen LogP contribution in [0, 0.1) is 17.2 Å². The minimum atomic E-state index is -0.183. The summed E-state index contributed by atoms with van der Waals surface area (Å²) in [5, 5.41) is 14.6. The topological polar surface area (TPSA) is 91.0 Å². The van der Waals surface area contributed by atoms with E-state index in [1.54, 1.807) is 24.7 Å². The molecule has 0 aliphatic rings. The van der Waals surface area contributed by atoms with Crippen molar-refractivity contribution < 1.29 is 9.59 Å². The van der Waals surface area contributed by atoms with Crippen LogP contribution in [0.4, 0.5) is 0 Å². The van der Waals surface area contributed by atoms with Crippen LogP contribution in [0.1, 0.15) is 56.0 Å². The van der Waals surface area contributed by atoms with Crippen LogP contribution in [0.2, 0.25) is 0 Å². The fourth-order valence-electron chi connectivity index (χ4n) is 4.95. The van der Waals surface area contributed by atoms with Crippen LogP contribution in [0.15, 0.2) is 79.3 Å². The second kappa shape index (κ2) is 13.6. The Kier molecular flexibility index (Phi) is 9.69. The lowest BCUT2D eigenvalue weighted by Gasteiger charge is -2.32. The summed E-state index contributed by atoms with van der Waals surface area (Å²) in [6.45, 7) is 7.60. The zero-order chi connectivity index (χ0) is 28.5. The molecule has 40 heavy (non-hydrogen) atoms. The largest absolute Gasteiger partial charge is 0.351 e. The van der Waals surface area contributed by atoms with Gasteiger partial charge in [0.2, 0.25) is 11.8 Å². The number of carbonyl (C=O) groups is 2. The van der Waals surface area contributed by atoms with Crippen molar-refractivity contribution in [1.82, 2.24) is 19.8 Å². The van der Waals surface area contributed by atoms with Gasteiger partial charge in [0, 0.05) is 44.0 Å². The molecule has 0 aliphatic carbocycles. The van der Waals surface area contributed by atoms with Crippen LogP contribution < -0.4 is 5.32 Å². The van der Waals surface area contributed by atoms with E-state index in [2.05, 4.69) is 54.5 Å². The highest BCUT2D eigenvalue weighted by molar-refractivity contribution is 5.86. The molecule has 0 spiro atoms. The molecule has 206 valence electrons. The molecule has 0 aliphatic heterocycles. The number of hydrogen-bond acceptors (Lipinski definition) is 4. The molecule has 1 heterocycles.